The Morgan fingerprint density at radius 1 is 1.28 bits per heavy atom. The topological polar surface area (TPSA) is 64.9 Å². The van der Waals surface area contributed by atoms with Crippen molar-refractivity contribution in [3.8, 4) is 0 Å². The van der Waals surface area contributed by atoms with Gasteiger partial charge in [0.25, 0.3) is 0 Å². The third-order valence-corrected chi connectivity index (χ3v) is 2.85. The third kappa shape index (κ3) is 3.32. The monoisotopic (exact) mass is 245 g/mol. The number of nitrogen functional groups attached to an aromatic ring is 1. The molecule has 0 aliphatic rings. The van der Waals surface area contributed by atoms with Crippen LogP contribution >= 0.6 is 0 Å². The Balaban J connectivity index is 2.00. The predicted molar refractivity (Wildman–Crippen MR) is 71.1 cm³/mol. The van der Waals surface area contributed by atoms with Crippen molar-refractivity contribution in [2.45, 2.75) is 33.1 Å². The molecular weight excluding hydrogens is 226 g/mol. The molecule has 96 valence electrons. The molecule has 1 aromatic carbocycles. The number of rotatable bonds is 5. The molecule has 2 rings (SSSR count). The zero-order valence-electron chi connectivity index (χ0n) is 10.9. The molecule has 0 spiro atoms. The molecular formula is C14H19N3O. The predicted octanol–water partition coefficient (Wildman–Crippen LogP) is 2.83. The van der Waals surface area contributed by atoms with Crippen LogP contribution in [0.3, 0.4) is 0 Å². The molecule has 0 amide bonds. The fraction of sp³-hybridized carbons (Fsp3) is 0.429. The van der Waals surface area contributed by atoms with Gasteiger partial charge in [0, 0.05) is 12.1 Å². The van der Waals surface area contributed by atoms with Crippen molar-refractivity contribution in [3.05, 3.63) is 41.5 Å². The van der Waals surface area contributed by atoms with E-state index in [0.29, 0.717) is 18.2 Å². The zero-order chi connectivity index (χ0) is 13.0. The van der Waals surface area contributed by atoms with E-state index in [1.165, 1.54) is 0 Å². The fourth-order valence-electron chi connectivity index (χ4n) is 1.74. The normalized spacial score (nSPS) is 11.1. The highest BCUT2D eigenvalue weighted by Gasteiger charge is 2.09. The smallest absolute Gasteiger partial charge is 0.231 e. The van der Waals surface area contributed by atoms with Crippen LogP contribution in [-0.4, -0.2) is 10.1 Å². The summed E-state index contributed by atoms with van der Waals surface area (Å²) in [5.74, 6) is 2.07. The molecule has 0 aliphatic carbocycles. The van der Waals surface area contributed by atoms with Crippen molar-refractivity contribution in [1.29, 1.82) is 0 Å². The lowest BCUT2D eigenvalue weighted by molar-refractivity contribution is 0.378. The van der Waals surface area contributed by atoms with Gasteiger partial charge in [0.15, 0.2) is 5.82 Å². The van der Waals surface area contributed by atoms with Crippen molar-refractivity contribution in [3.63, 3.8) is 0 Å². The summed E-state index contributed by atoms with van der Waals surface area (Å²) < 4.78 is 5.24. The highest BCUT2D eigenvalue weighted by atomic mass is 16.5. The lowest BCUT2D eigenvalue weighted by Gasteiger charge is -2.00. The average Bonchev–Trinajstić information content (AvgIpc) is 2.77. The maximum atomic E-state index is 5.88. The van der Waals surface area contributed by atoms with E-state index in [0.717, 1.165) is 29.9 Å². The molecule has 1 aromatic heterocycles. The first kappa shape index (κ1) is 12.6. The summed E-state index contributed by atoms with van der Waals surface area (Å²) in [6, 6.07) is 7.74. The standard InChI is InChI=1S/C14H19N3O/c1-10(2)7-8-13-16-14(18-17-13)9-11-5-3-4-6-12(11)15/h3-6,10H,7-9,15H2,1-2H3. The van der Waals surface area contributed by atoms with Crippen LogP contribution in [0.4, 0.5) is 5.69 Å². The van der Waals surface area contributed by atoms with Crippen LogP contribution in [0.2, 0.25) is 0 Å². The van der Waals surface area contributed by atoms with Crippen LogP contribution in [0.1, 0.15) is 37.5 Å². The number of anilines is 1. The Labute approximate surface area is 107 Å². The van der Waals surface area contributed by atoms with E-state index >= 15 is 0 Å². The summed E-state index contributed by atoms with van der Waals surface area (Å²) in [4.78, 5) is 4.39. The first-order chi connectivity index (χ1) is 8.65. The van der Waals surface area contributed by atoms with Crippen molar-refractivity contribution in [2.75, 3.05) is 5.73 Å². The van der Waals surface area contributed by atoms with E-state index < -0.39 is 0 Å². The highest BCUT2D eigenvalue weighted by molar-refractivity contribution is 5.47. The van der Waals surface area contributed by atoms with Gasteiger partial charge in [0.2, 0.25) is 5.89 Å². The Morgan fingerprint density at radius 2 is 2.06 bits per heavy atom. The van der Waals surface area contributed by atoms with Gasteiger partial charge >= 0.3 is 0 Å². The van der Waals surface area contributed by atoms with E-state index in [1.807, 2.05) is 24.3 Å². The van der Waals surface area contributed by atoms with E-state index in [2.05, 4.69) is 24.0 Å². The molecule has 0 atom stereocenters. The second kappa shape index (κ2) is 5.67. The number of hydrogen-bond donors (Lipinski definition) is 1. The van der Waals surface area contributed by atoms with Crippen molar-refractivity contribution in [1.82, 2.24) is 10.1 Å². The minimum atomic E-state index is 0.599. The van der Waals surface area contributed by atoms with E-state index in [-0.39, 0.29) is 0 Å². The number of nitrogens with zero attached hydrogens (tertiary/aromatic N) is 2. The van der Waals surface area contributed by atoms with Crippen LogP contribution in [0.15, 0.2) is 28.8 Å². The summed E-state index contributed by atoms with van der Waals surface area (Å²) in [7, 11) is 0. The van der Waals surface area contributed by atoms with Crippen molar-refractivity contribution < 1.29 is 4.52 Å². The molecule has 0 fully saturated rings. The Morgan fingerprint density at radius 3 is 2.78 bits per heavy atom. The minimum absolute atomic E-state index is 0.599. The Bertz CT molecular complexity index is 505. The van der Waals surface area contributed by atoms with Gasteiger partial charge < -0.3 is 10.3 Å². The van der Waals surface area contributed by atoms with E-state index in [9.17, 15) is 0 Å². The van der Waals surface area contributed by atoms with Crippen molar-refractivity contribution in [2.24, 2.45) is 5.92 Å². The van der Waals surface area contributed by atoms with E-state index in [1.54, 1.807) is 0 Å². The number of hydrogen-bond acceptors (Lipinski definition) is 4. The van der Waals surface area contributed by atoms with Crippen LogP contribution in [0, 0.1) is 5.92 Å². The molecule has 2 N–H and O–H groups in total. The maximum absolute atomic E-state index is 5.88. The highest BCUT2D eigenvalue weighted by Crippen LogP contribution is 2.15. The zero-order valence-corrected chi connectivity index (χ0v) is 10.9. The summed E-state index contributed by atoms with van der Waals surface area (Å²) in [5, 5.41) is 3.99. The van der Waals surface area contributed by atoms with Gasteiger partial charge in [0.05, 0.1) is 6.42 Å². The number of aromatic nitrogens is 2. The molecule has 0 aliphatic heterocycles. The SMILES string of the molecule is CC(C)CCc1noc(Cc2ccccc2N)n1. The van der Waals surface area contributed by atoms with E-state index in [4.69, 9.17) is 10.3 Å². The number of para-hydroxylation sites is 1. The first-order valence-corrected chi connectivity index (χ1v) is 6.30. The average molecular weight is 245 g/mol. The van der Waals surface area contributed by atoms with Gasteiger partial charge in [-0.3, -0.25) is 0 Å². The van der Waals surface area contributed by atoms with Gasteiger partial charge in [-0.05, 0) is 24.0 Å². The number of nitrogens with two attached hydrogens (primary N) is 1. The fourth-order valence-corrected chi connectivity index (χ4v) is 1.74. The third-order valence-electron chi connectivity index (χ3n) is 2.85. The van der Waals surface area contributed by atoms with Gasteiger partial charge in [-0.2, -0.15) is 4.98 Å². The number of aryl methyl sites for hydroxylation is 1. The minimum Gasteiger partial charge on any atom is -0.398 e. The molecule has 0 saturated heterocycles. The Kier molecular flexibility index (Phi) is 3.97. The summed E-state index contributed by atoms with van der Waals surface area (Å²) in [5.41, 5.74) is 7.67. The first-order valence-electron chi connectivity index (χ1n) is 6.30. The summed E-state index contributed by atoms with van der Waals surface area (Å²) >= 11 is 0. The van der Waals surface area contributed by atoms with Gasteiger partial charge in [-0.1, -0.05) is 37.2 Å². The van der Waals surface area contributed by atoms with Gasteiger partial charge in [-0.25, -0.2) is 0 Å². The largest absolute Gasteiger partial charge is 0.398 e. The molecule has 2 aromatic rings. The second-order valence-corrected chi connectivity index (χ2v) is 4.91. The molecule has 4 heteroatoms. The van der Waals surface area contributed by atoms with Crippen molar-refractivity contribution >= 4 is 5.69 Å². The molecule has 0 radical (unpaired) electrons. The van der Waals surface area contributed by atoms with Crippen LogP contribution < -0.4 is 5.73 Å². The second-order valence-electron chi connectivity index (χ2n) is 4.91. The summed E-state index contributed by atoms with van der Waals surface area (Å²) in [6.07, 6.45) is 2.54. The lowest BCUT2D eigenvalue weighted by Crippen LogP contribution is -1.97. The maximum Gasteiger partial charge on any atom is 0.231 e. The molecule has 0 unspecified atom stereocenters. The molecule has 0 saturated carbocycles. The molecule has 4 nitrogen and oxygen atoms in total. The van der Waals surface area contributed by atoms with Crippen LogP contribution in [-0.2, 0) is 12.8 Å². The lowest BCUT2D eigenvalue weighted by atomic mass is 10.1. The van der Waals surface area contributed by atoms with Gasteiger partial charge in [0.1, 0.15) is 0 Å². The summed E-state index contributed by atoms with van der Waals surface area (Å²) in [6.45, 7) is 4.37. The molecule has 18 heavy (non-hydrogen) atoms. The van der Waals surface area contributed by atoms with Gasteiger partial charge in [-0.15, -0.1) is 0 Å². The Hall–Kier alpha value is -1.84. The number of benzene rings is 1. The quantitative estimate of drug-likeness (QED) is 0.823. The molecule has 0 bridgehead atoms. The molecule has 1 heterocycles. The van der Waals surface area contributed by atoms with Crippen LogP contribution in [0.5, 0.6) is 0 Å². The van der Waals surface area contributed by atoms with Crippen LogP contribution in [0.25, 0.3) is 0 Å².